The number of sulfonamides is 1. The van der Waals surface area contributed by atoms with Crippen molar-refractivity contribution in [3.63, 3.8) is 0 Å². The minimum atomic E-state index is -3.36. The molecule has 7 nitrogen and oxygen atoms in total. The van der Waals surface area contributed by atoms with Crippen molar-refractivity contribution in [2.75, 3.05) is 22.8 Å². The maximum atomic E-state index is 12.8. The smallest absolute Gasteiger partial charge is 0.244 e. The number of nitrogens with zero attached hydrogens (tertiary/aromatic N) is 2. The Labute approximate surface area is 154 Å². The average Bonchev–Trinajstić information content (AvgIpc) is 2.94. The first-order valence-corrected chi connectivity index (χ1v) is 10.3. The minimum Gasteiger partial charge on any atom is -0.353 e. The maximum Gasteiger partial charge on any atom is 0.244 e. The van der Waals surface area contributed by atoms with Crippen LogP contribution in [0.1, 0.15) is 19.0 Å². The number of aromatic nitrogens is 1. The van der Waals surface area contributed by atoms with Crippen LogP contribution in [0.15, 0.2) is 42.6 Å². The van der Waals surface area contributed by atoms with Crippen LogP contribution < -0.4 is 10.0 Å². The molecule has 2 heterocycles. The zero-order valence-electron chi connectivity index (χ0n) is 15.2. The number of benzene rings is 1. The van der Waals surface area contributed by atoms with Crippen LogP contribution in [0.2, 0.25) is 0 Å². The van der Waals surface area contributed by atoms with Gasteiger partial charge in [0.05, 0.1) is 17.5 Å². The van der Waals surface area contributed by atoms with Crippen LogP contribution in [0.4, 0.5) is 11.4 Å². The number of carbonyl (C=O) groups is 1. The van der Waals surface area contributed by atoms with E-state index >= 15 is 0 Å². The lowest BCUT2D eigenvalue weighted by Gasteiger charge is -2.49. The molecule has 0 bridgehead atoms. The molecule has 1 saturated heterocycles. The molecule has 1 aliphatic heterocycles. The lowest BCUT2D eigenvalue weighted by Crippen LogP contribution is -2.63. The van der Waals surface area contributed by atoms with Crippen LogP contribution >= 0.6 is 0 Å². The van der Waals surface area contributed by atoms with Crippen LogP contribution in [-0.4, -0.2) is 42.1 Å². The molecule has 1 amide bonds. The summed E-state index contributed by atoms with van der Waals surface area (Å²) in [4.78, 5) is 15.0. The number of amides is 1. The minimum absolute atomic E-state index is 0.0885. The van der Waals surface area contributed by atoms with Crippen molar-refractivity contribution in [3.8, 4) is 0 Å². The van der Waals surface area contributed by atoms with Gasteiger partial charge in [0.2, 0.25) is 15.9 Å². The summed E-state index contributed by atoms with van der Waals surface area (Å²) in [7, 11) is -1.37. The largest absolute Gasteiger partial charge is 0.353 e. The van der Waals surface area contributed by atoms with Crippen molar-refractivity contribution in [2.45, 2.75) is 25.4 Å². The number of aryl methyl sites for hydroxylation is 1. The second-order valence-corrected chi connectivity index (χ2v) is 8.71. The van der Waals surface area contributed by atoms with Crippen molar-refractivity contribution in [2.24, 2.45) is 7.05 Å². The summed E-state index contributed by atoms with van der Waals surface area (Å²) in [5.74, 6) is -0.0885. The fourth-order valence-corrected chi connectivity index (χ4v) is 3.67. The zero-order valence-corrected chi connectivity index (χ0v) is 16.0. The summed E-state index contributed by atoms with van der Waals surface area (Å²) in [6.07, 6.45) is 3.87. The normalized spacial score (nSPS) is 20.4. The van der Waals surface area contributed by atoms with Crippen molar-refractivity contribution in [3.05, 3.63) is 48.3 Å². The van der Waals surface area contributed by atoms with Crippen molar-refractivity contribution >= 4 is 27.3 Å². The molecule has 1 atom stereocenters. The third-order valence-corrected chi connectivity index (χ3v) is 5.49. The average molecular weight is 376 g/mol. The van der Waals surface area contributed by atoms with E-state index in [2.05, 4.69) is 25.6 Å². The Morgan fingerprint density at radius 3 is 2.54 bits per heavy atom. The number of likely N-dealkylation sites (tertiary alicyclic amines) is 1. The standard InChI is InChI=1S/C18H24N4O3S/c1-18(9-11-22(18)13-16-8-5-10-21(16)2)17(23)19-14-6-4-7-15(12-14)20-26(3,24)25/h4-8,10,12,20H,9,11,13H2,1-3H3,(H,19,23). The molecule has 3 rings (SSSR count). The molecule has 1 aromatic heterocycles. The Morgan fingerprint density at radius 1 is 1.23 bits per heavy atom. The van der Waals surface area contributed by atoms with E-state index in [4.69, 9.17) is 0 Å². The second kappa shape index (κ2) is 6.77. The molecule has 0 radical (unpaired) electrons. The van der Waals surface area contributed by atoms with Crippen molar-refractivity contribution in [1.82, 2.24) is 9.47 Å². The molecule has 1 aromatic carbocycles. The Bertz CT molecular complexity index is 922. The van der Waals surface area contributed by atoms with E-state index in [-0.39, 0.29) is 5.91 Å². The van der Waals surface area contributed by atoms with Gasteiger partial charge < -0.3 is 9.88 Å². The van der Waals surface area contributed by atoms with Gasteiger partial charge in [-0.3, -0.25) is 14.4 Å². The van der Waals surface area contributed by atoms with Crippen LogP contribution in [0.25, 0.3) is 0 Å². The van der Waals surface area contributed by atoms with Crippen molar-refractivity contribution in [1.29, 1.82) is 0 Å². The predicted molar refractivity (Wildman–Crippen MR) is 102 cm³/mol. The molecule has 8 heteroatoms. The van der Waals surface area contributed by atoms with Gasteiger partial charge in [-0.25, -0.2) is 8.42 Å². The van der Waals surface area contributed by atoms with E-state index in [1.807, 2.05) is 26.2 Å². The molecule has 0 aliphatic carbocycles. The molecule has 2 N–H and O–H groups in total. The molecule has 26 heavy (non-hydrogen) atoms. The van der Waals surface area contributed by atoms with Gasteiger partial charge in [0, 0.05) is 37.7 Å². The summed E-state index contributed by atoms with van der Waals surface area (Å²) in [5, 5.41) is 2.91. The van der Waals surface area contributed by atoms with Crippen LogP contribution in [0.5, 0.6) is 0 Å². The lowest BCUT2D eigenvalue weighted by atomic mass is 9.85. The van der Waals surface area contributed by atoms with Gasteiger partial charge in [0.25, 0.3) is 0 Å². The molecule has 1 aliphatic rings. The summed E-state index contributed by atoms with van der Waals surface area (Å²) in [5.41, 5.74) is 1.56. The van der Waals surface area contributed by atoms with Crippen molar-refractivity contribution < 1.29 is 13.2 Å². The Balaban J connectivity index is 1.69. The molecule has 1 unspecified atom stereocenters. The first kappa shape index (κ1) is 18.5. The van der Waals surface area contributed by atoms with Crippen LogP contribution in [0.3, 0.4) is 0 Å². The van der Waals surface area contributed by atoms with Gasteiger partial charge in [0.1, 0.15) is 0 Å². The van der Waals surface area contributed by atoms with Gasteiger partial charge in [-0.05, 0) is 43.7 Å². The Hall–Kier alpha value is -2.32. The molecule has 1 fully saturated rings. The lowest BCUT2D eigenvalue weighted by molar-refractivity contribution is -0.136. The van der Waals surface area contributed by atoms with E-state index in [1.165, 1.54) is 0 Å². The Morgan fingerprint density at radius 2 is 1.96 bits per heavy atom. The first-order valence-electron chi connectivity index (χ1n) is 8.42. The SMILES string of the molecule is Cn1cccc1CN1CCC1(C)C(=O)Nc1cccc(NS(C)(=O)=O)c1. The maximum absolute atomic E-state index is 12.8. The van der Waals surface area contributed by atoms with Gasteiger partial charge in [-0.15, -0.1) is 0 Å². The molecule has 0 saturated carbocycles. The number of rotatable bonds is 6. The third kappa shape index (κ3) is 3.91. The first-order chi connectivity index (χ1) is 12.2. The number of nitrogens with one attached hydrogen (secondary N) is 2. The van der Waals surface area contributed by atoms with Gasteiger partial charge in [-0.1, -0.05) is 6.07 Å². The highest BCUT2D eigenvalue weighted by Crippen LogP contribution is 2.33. The van der Waals surface area contributed by atoms with Crippen LogP contribution in [0, 0.1) is 0 Å². The summed E-state index contributed by atoms with van der Waals surface area (Å²) < 4.78 is 27.2. The van der Waals surface area contributed by atoms with Gasteiger partial charge in [-0.2, -0.15) is 0 Å². The fourth-order valence-electron chi connectivity index (χ4n) is 3.11. The quantitative estimate of drug-likeness (QED) is 0.808. The molecular weight excluding hydrogens is 352 g/mol. The highest BCUT2D eigenvalue weighted by molar-refractivity contribution is 7.92. The third-order valence-electron chi connectivity index (χ3n) is 4.88. The van der Waals surface area contributed by atoms with E-state index in [0.717, 1.165) is 24.9 Å². The molecule has 140 valence electrons. The molecular formula is C18H24N4O3S. The second-order valence-electron chi connectivity index (χ2n) is 6.96. The topological polar surface area (TPSA) is 83.4 Å². The molecule has 2 aromatic rings. The van der Waals surface area contributed by atoms with E-state index in [1.54, 1.807) is 24.3 Å². The van der Waals surface area contributed by atoms with E-state index < -0.39 is 15.6 Å². The highest BCUT2D eigenvalue weighted by atomic mass is 32.2. The van der Waals surface area contributed by atoms with E-state index in [0.29, 0.717) is 17.9 Å². The van der Waals surface area contributed by atoms with Gasteiger partial charge >= 0.3 is 0 Å². The number of anilines is 2. The number of hydrogen-bond donors (Lipinski definition) is 2. The summed E-state index contributed by atoms with van der Waals surface area (Å²) in [6, 6.07) is 10.7. The summed E-state index contributed by atoms with van der Waals surface area (Å²) >= 11 is 0. The summed E-state index contributed by atoms with van der Waals surface area (Å²) in [6.45, 7) is 3.52. The zero-order chi connectivity index (χ0) is 18.9. The number of hydrogen-bond acceptors (Lipinski definition) is 4. The van der Waals surface area contributed by atoms with E-state index in [9.17, 15) is 13.2 Å². The Kier molecular flexibility index (Phi) is 4.81. The molecule has 0 spiro atoms. The fraction of sp³-hybridized carbons (Fsp3) is 0.389. The predicted octanol–water partition coefficient (Wildman–Crippen LogP) is 2.00. The van der Waals surface area contributed by atoms with Crippen LogP contribution in [-0.2, 0) is 28.4 Å². The number of carbonyl (C=O) groups excluding carboxylic acids is 1. The highest BCUT2D eigenvalue weighted by Gasteiger charge is 2.46. The van der Waals surface area contributed by atoms with Gasteiger partial charge in [0.15, 0.2) is 0 Å². The monoisotopic (exact) mass is 376 g/mol.